The van der Waals surface area contributed by atoms with Crippen LogP contribution in [0.5, 0.6) is 17.2 Å². The van der Waals surface area contributed by atoms with Crippen LogP contribution in [-0.4, -0.2) is 98.3 Å². The molecule has 6 rings (SSSR count). The second-order valence-corrected chi connectivity index (χ2v) is 11.6. The molecule has 2 aromatic rings. The number of fused-ring (bicyclic) bond motifs is 9. The van der Waals surface area contributed by atoms with E-state index in [-0.39, 0.29) is 68.3 Å². The second kappa shape index (κ2) is 15.7. The summed E-state index contributed by atoms with van der Waals surface area (Å²) in [5.74, 6) is 0.677. The van der Waals surface area contributed by atoms with Gasteiger partial charge in [0.15, 0.2) is 11.5 Å². The predicted molar refractivity (Wildman–Crippen MR) is 167 cm³/mol. The fraction of sp³-hybridized carbons (Fsp3) is 0.485. The summed E-state index contributed by atoms with van der Waals surface area (Å²) < 4.78 is 23.3. The summed E-state index contributed by atoms with van der Waals surface area (Å²) in [6.45, 7) is 1.49. The number of carbonyl (C=O) groups excluding carboxylic acids is 4. The van der Waals surface area contributed by atoms with Crippen molar-refractivity contribution in [3.05, 3.63) is 53.6 Å². The molecule has 246 valence electrons. The van der Waals surface area contributed by atoms with Crippen molar-refractivity contribution >= 4 is 29.3 Å². The molecule has 0 aromatic heterocycles. The minimum absolute atomic E-state index is 0.142. The van der Waals surface area contributed by atoms with E-state index in [1.165, 1.54) is 0 Å². The van der Waals surface area contributed by atoms with Gasteiger partial charge in [0.25, 0.3) is 5.91 Å². The van der Waals surface area contributed by atoms with Crippen LogP contribution in [-0.2, 0) is 41.7 Å². The van der Waals surface area contributed by atoms with E-state index in [0.717, 1.165) is 11.1 Å². The fourth-order valence-electron chi connectivity index (χ4n) is 5.77. The third-order valence-corrected chi connectivity index (χ3v) is 8.24. The summed E-state index contributed by atoms with van der Waals surface area (Å²) in [7, 11) is 3.17. The number of benzene rings is 2. The molecule has 2 aromatic carbocycles. The summed E-state index contributed by atoms with van der Waals surface area (Å²) in [5, 5.41) is 7.01. The van der Waals surface area contributed by atoms with Crippen molar-refractivity contribution in [3.8, 4) is 17.2 Å². The molecular formula is C33H41N5O8. The van der Waals surface area contributed by atoms with Gasteiger partial charge in [0.1, 0.15) is 11.5 Å². The van der Waals surface area contributed by atoms with E-state index in [4.69, 9.17) is 18.9 Å². The maximum atomic E-state index is 13.5. The largest absolute Gasteiger partial charge is 0.493 e. The number of hydrazone groups is 1. The van der Waals surface area contributed by atoms with Gasteiger partial charge in [0.2, 0.25) is 17.7 Å². The lowest BCUT2D eigenvalue weighted by Gasteiger charge is -2.39. The van der Waals surface area contributed by atoms with Gasteiger partial charge in [-0.15, -0.1) is 0 Å². The molecule has 0 aliphatic carbocycles. The number of piperidine rings is 1. The van der Waals surface area contributed by atoms with Gasteiger partial charge in [0.05, 0.1) is 32.4 Å². The summed E-state index contributed by atoms with van der Waals surface area (Å²) in [4.78, 5) is 54.9. The van der Waals surface area contributed by atoms with Gasteiger partial charge in [-0.1, -0.05) is 18.2 Å². The van der Waals surface area contributed by atoms with Crippen molar-refractivity contribution in [1.29, 1.82) is 0 Å². The quantitative estimate of drug-likeness (QED) is 0.459. The molecule has 1 saturated heterocycles. The van der Waals surface area contributed by atoms with E-state index in [0.29, 0.717) is 56.2 Å². The molecule has 0 saturated carbocycles. The first kappa shape index (κ1) is 32.9. The van der Waals surface area contributed by atoms with Crippen molar-refractivity contribution in [2.75, 3.05) is 47.0 Å². The van der Waals surface area contributed by atoms with Gasteiger partial charge in [-0.25, -0.2) is 5.43 Å². The van der Waals surface area contributed by atoms with Gasteiger partial charge in [-0.3, -0.25) is 19.2 Å². The average molecular weight is 636 g/mol. The van der Waals surface area contributed by atoms with Crippen LogP contribution in [0.15, 0.2) is 47.6 Å². The first-order valence-corrected chi connectivity index (χ1v) is 15.6. The van der Waals surface area contributed by atoms with Crippen LogP contribution in [0.2, 0.25) is 0 Å². The van der Waals surface area contributed by atoms with Gasteiger partial charge in [-0.05, 0) is 54.7 Å². The zero-order valence-corrected chi connectivity index (χ0v) is 26.3. The highest BCUT2D eigenvalue weighted by Crippen LogP contribution is 2.33. The first-order valence-electron chi connectivity index (χ1n) is 15.6. The maximum absolute atomic E-state index is 13.5. The summed E-state index contributed by atoms with van der Waals surface area (Å²) in [5.41, 5.74) is 4.42. The van der Waals surface area contributed by atoms with Crippen molar-refractivity contribution in [2.24, 2.45) is 5.10 Å². The van der Waals surface area contributed by atoms with Gasteiger partial charge >= 0.3 is 0 Å². The Labute approximate surface area is 268 Å². The van der Waals surface area contributed by atoms with Gasteiger partial charge in [-0.2, -0.15) is 5.10 Å². The number of hydrogen-bond donors (Lipinski definition) is 2. The van der Waals surface area contributed by atoms with Crippen LogP contribution in [0.1, 0.15) is 43.2 Å². The van der Waals surface area contributed by atoms with Crippen molar-refractivity contribution in [1.82, 2.24) is 20.5 Å². The monoisotopic (exact) mass is 635 g/mol. The van der Waals surface area contributed by atoms with E-state index in [1.807, 2.05) is 42.5 Å². The lowest BCUT2D eigenvalue weighted by atomic mass is 10.00. The molecule has 13 heteroatoms. The van der Waals surface area contributed by atoms with Crippen LogP contribution < -0.4 is 20.2 Å². The Kier molecular flexibility index (Phi) is 11.2. The Morgan fingerprint density at radius 1 is 1.02 bits per heavy atom. The Bertz CT molecular complexity index is 1460. The molecular weight excluding hydrogens is 594 g/mol. The molecule has 1 fully saturated rings. The lowest BCUT2D eigenvalue weighted by Crippen LogP contribution is -2.59. The highest BCUT2D eigenvalue weighted by molar-refractivity contribution is 6.39. The third-order valence-electron chi connectivity index (χ3n) is 8.24. The molecule has 4 aliphatic heterocycles. The van der Waals surface area contributed by atoms with Gasteiger partial charge < -0.3 is 34.1 Å². The number of ether oxygens (including phenoxy) is 4. The molecule has 13 nitrogen and oxygen atoms in total. The molecule has 4 amide bonds. The standard InChI is InChI=1S/C33H41N5O8/c1-43-16-4-14-37-20-31(40)34-26-19-38(33(42)25-9-11-30(39)36-35-25)15-13-27(26)45-21-23-5-3-6-24(17-23)46-28-10-7-22(8-12-32(37)41)18-29(28)44-2/h3,5-7,10,17-18,26-27H,4,8-9,11-16,19-21H2,1-2H3,(H,34,40)(H,36,39)/t26-,27+/m0/s1. The molecule has 2 atom stereocenters. The minimum atomic E-state index is -0.541. The van der Waals surface area contributed by atoms with Gasteiger partial charge in [0, 0.05) is 52.6 Å². The van der Waals surface area contributed by atoms with E-state index in [9.17, 15) is 19.2 Å². The Hall–Kier alpha value is -4.49. The zero-order chi connectivity index (χ0) is 32.5. The third kappa shape index (κ3) is 8.61. The van der Waals surface area contributed by atoms with E-state index in [1.54, 1.807) is 24.0 Å². The SMILES string of the molecule is COCCCN1CC(=O)N[C@H]2CN(C(=O)C3=NNC(=O)CC3)CC[C@H]2OCc2cccc(c2)Oc2ccc(cc2OC)CCC1=O. The minimum Gasteiger partial charge on any atom is -0.493 e. The molecule has 46 heavy (non-hydrogen) atoms. The van der Waals surface area contributed by atoms with Crippen LogP contribution in [0.25, 0.3) is 0 Å². The van der Waals surface area contributed by atoms with Crippen molar-refractivity contribution < 1.29 is 38.1 Å². The summed E-state index contributed by atoms with van der Waals surface area (Å²) in [6, 6.07) is 12.6. The number of nitrogens with one attached hydrogen (secondary N) is 2. The number of aryl methyl sites for hydroxylation is 1. The Morgan fingerprint density at radius 3 is 2.67 bits per heavy atom. The molecule has 4 heterocycles. The van der Waals surface area contributed by atoms with E-state index in [2.05, 4.69) is 15.8 Å². The summed E-state index contributed by atoms with van der Waals surface area (Å²) in [6.07, 6.45) is 1.73. The summed E-state index contributed by atoms with van der Waals surface area (Å²) >= 11 is 0. The Morgan fingerprint density at radius 2 is 1.89 bits per heavy atom. The maximum Gasteiger partial charge on any atom is 0.270 e. The lowest BCUT2D eigenvalue weighted by molar-refractivity contribution is -0.138. The molecule has 4 aliphatic rings. The molecule has 0 spiro atoms. The van der Waals surface area contributed by atoms with Crippen LogP contribution in [0.3, 0.4) is 0 Å². The molecule has 4 bridgehead atoms. The predicted octanol–water partition coefficient (Wildman–Crippen LogP) is 2.17. The van der Waals surface area contributed by atoms with Crippen molar-refractivity contribution in [2.45, 2.75) is 57.3 Å². The second-order valence-electron chi connectivity index (χ2n) is 11.6. The highest BCUT2D eigenvalue weighted by atomic mass is 16.5. The number of carbonyl (C=O) groups is 4. The zero-order valence-electron chi connectivity index (χ0n) is 26.3. The Balaban J connectivity index is 1.39. The normalized spacial score (nSPS) is 21.1. The molecule has 0 unspecified atom stereocenters. The van der Waals surface area contributed by atoms with Crippen LogP contribution in [0, 0.1) is 0 Å². The first-order chi connectivity index (χ1) is 22.3. The highest BCUT2D eigenvalue weighted by Gasteiger charge is 2.35. The molecule has 0 radical (unpaired) electrons. The number of hydrogen-bond acceptors (Lipinski definition) is 9. The fourth-order valence-corrected chi connectivity index (χ4v) is 5.77. The average Bonchev–Trinajstić information content (AvgIpc) is 3.06. The molecule has 2 N–H and O–H groups in total. The number of likely N-dealkylation sites (tertiary alicyclic amines) is 1. The smallest absolute Gasteiger partial charge is 0.270 e. The van der Waals surface area contributed by atoms with E-state index >= 15 is 0 Å². The van der Waals surface area contributed by atoms with E-state index < -0.39 is 12.1 Å². The number of amides is 4. The topological polar surface area (TPSA) is 148 Å². The van der Waals surface area contributed by atoms with Crippen LogP contribution in [0.4, 0.5) is 0 Å². The van der Waals surface area contributed by atoms with Crippen LogP contribution >= 0.6 is 0 Å². The number of methoxy groups -OCH3 is 2. The number of rotatable bonds is 6. The van der Waals surface area contributed by atoms with Crippen molar-refractivity contribution in [3.63, 3.8) is 0 Å². The number of nitrogens with zero attached hydrogens (tertiary/aromatic N) is 3.